The van der Waals surface area contributed by atoms with E-state index in [1.54, 1.807) is 0 Å². The van der Waals surface area contributed by atoms with Crippen LogP contribution < -0.4 is 0 Å². The van der Waals surface area contributed by atoms with Crippen molar-refractivity contribution in [3.8, 4) is 0 Å². The molecule has 0 bridgehead atoms. The molecule has 0 spiro atoms. The molecule has 0 aliphatic carbocycles. The predicted molar refractivity (Wildman–Crippen MR) is 64.6 cm³/mol. The van der Waals surface area contributed by atoms with Gasteiger partial charge in [0.15, 0.2) is 6.29 Å². The summed E-state index contributed by atoms with van der Waals surface area (Å²) in [5.41, 5.74) is -1.63. The second-order valence-corrected chi connectivity index (χ2v) is 3.45. The van der Waals surface area contributed by atoms with E-state index < -0.39 is 17.2 Å². The third-order valence-corrected chi connectivity index (χ3v) is 2.31. The van der Waals surface area contributed by atoms with Crippen molar-refractivity contribution in [3.63, 3.8) is 0 Å². The maximum Gasteiger partial charge on any atom is 0.468 e. The molecule has 0 N–H and O–H groups in total. The van der Waals surface area contributed by atoms with E-state index in [0.717, 1.165) is 6.08 Å². The zero-order valence-corrected chi connectivity index (χ0v) is 9.93. The van der Waals surface area contributed by atoms with E-state index in [1.165, 1.54) is 18.2 Å². The summed E-state index contributed by atoms with van der Waals surface area (Å²) in [6, 6.07) is 0. The van der Waals surface area contributed by atoms with Crippen molar-refractivity contribution in [2.45, 2.75) is 18.4 Å². The average molecular weight is 248 g/mol. The standard InChI is InChI=1S/C13H14NO4/c1-4-7-11(17)12(18)14(10-16)13(6-3,9-15)8-5-2/h4-6,9H,1-3,7-8H2/q+1. The number of aldehydes is 1. The number of rotatable bonds is 8. The van der Waals surface area contributed by atoms with E-state index in [2.05, 4.69) is 19.7 Å². The molecule has 1 amide bonds. The molecule has 1 unspecified atom stereocenters. The summed E-state index contributed by atoms with van der Waals surface area (Å²) < 4.78 is 0.403. The smallest absolute Gasteiger partial charge is 0.295 e. The number of carbonyl (C=O) groups is 3. The van der Waals surface area contributed by atoms with Crippen LogP contribution in [0.15, 0.2) is 38.0 Å². The minimum Gasteiger partial charge on any atom is -0.295 e. The Hall–Kier alpha value is -2.39. The molecule has 0 heterocycles. The summed E-state index contributed by atoms with van der Waals surface area (Å²) in [6.45, 7) is 10.1. The summed E-state index contributed by atoms with van der Waals surface area (Å²) >= 11 is 0. The van der Waals surface area contributed by atoms with Crippen LogP contribution in [0.2, 0.25) is 0 Å². The Balaban J connectivity index is 5.61. The first-order chi connectivity index (χ1) is 8.52. The number of carbonyl (C=O) groups excluding carboxylic acids is 4. The monoisotopic (exact) mass is 248 g/mol. The molecule has 0 aliphatic heterocycles. The number of amides is 1. The SMILES string of the molecule is C=CCC(=O)C(=O)[N+](=C=O)C(C=C)(C=O)CC=C. The van der Waals surface area contributed by atoms with E-state index in [0.29, 0.717) is 10.9 Å². The molecular formula is C13H14NO4+. The van der Waals surface area contributed by atoms with Gasteiger partial charge in [0.1, 0.15) is 0 Å². The number of hydrogen-bond donors (Lipinski definition) is 0. The quantitative estimate of drug-likeness (QED) is 0.158. The first kappa shape index (κ1) is 15.6. The Labute approximate surface area is 105 Å². The molecule has 0 aromatic carbocycles. The van der Waals surface area contributed by atoms with Gasteiger partial charge in [-0.3, -0.25) is 9.59 Å². The molecule has 0 rings (SSSR count). The van der Waals surface area contributed by atoms with Crippen molar-refractivity contribution in [1.29, 1.82) is 0 Å². The zero-order chi connectivity index (χ0) is 14.2. The van der Waals surface area contributed by atoms with Gasteiger partial charge in [0.2, 0.25) is 0 Å². The lowest BCUT2D eigenvalue weighted by Gasteiger charge is -2.14. The molecule has 0 fully saturated rings. The van der Waals surface area contributed by atoms with Crippen LogP contribution >= 0.6 is 0 Å². The normalized spacial score (nSPS) is 12.4. The van der Waals surface area contributed by atoms with Crippen LogP contribution in [0.5, 0.6) is 0 Å². The first-order valence-electron chi connectivity index (χ1n) is 5.09. The van der Waals surface area contributed by atoms with Crippen LogP contribution in [0.4, 0.5) is 0 Å². The molecular weight excluding hydrogens is 234 g/mol. The van der Waals surface area contributed by atoms with Crippen molar-refractivity contribution < 1.29 is 23.8 Å². The lowest BCUT2D eigenvalue weighted by atomic mass is 9.95. The number of nitrogens with zero attached hydrogens (tertiary/aromatic N) is 1. The van der Waals surface area contributed by atoms with Crippen LogP contribution in [0.3, 0.4) is 0 Å². The van der Waals surface area contributed by atoms with Gasteiger partial charge in [-0.1, -0.05) is 23.3 Å². The maximum atomic E-state index is 11.7. The molecule has 0 radical (unpaired) electrons. The molecule has 0 aliphatic rings. The Kier molecular flexibility index (Phi) is 6.10. The first-order valence-corrected chi connectivity index (χ1v) is 5.09. The topological polar surface area (TPSA) is 71.3 Å². The molecule has 0 saturated carbocycles. The van der Waals surface area contributed by atoms with E-state index in [9.17, 15) is 19.2 Å². The summed E-state index contributed by atoms with van der Waals surface area (Å²) in [7, 11) is 0. The number of ketones is 1. The fraction of sp³-hybridized carbons (Fsp3) is 0.231. The van der Waals surface area contributed by atoms with E-state index in [-0.39, 0.29) is 12.8 Å². The van der Waals surface area contributed by atoms with Crippen LogP contribution in [0.25, 0.3) is 0 Å². The summed E-state index contributed by atoms with van der Waals surface area (Å²) in [5, 5.41) is 0. The predicted octanol–water partition coefficient (Wildman–Crippen LogP) is 0.706. The van der Waals surface area contributed by atoms with Gasteiger partial charge in [-0.05, 0) is 6.08 Å². The molecule has 0 saturated heterocycles. The Morgan fingerprint density at radius 1 is 1.22 bits per heavy atom. The highest BCUT2D eigenvalue weighted by molar-refractivity contribution is 6.33. The minimum absolute atomic E-state index is 0.0393. The van der Waals surface area contributed by atoms with Crippen LogP contribution in [-0.4, -0.2) is 34.2 Å². The fourth-order valence-corrected chi connectivity index (χ4v) is 1.30. The second kappa shape index (κ2) is 7.04. The van der Waals surface area contributed by atoms with Gasteiger partial charge in [0.25, 0.3) is 11.3 Å². The van der Waals surface area contributed by atoms with Crippen LogP contribution in [0.1, 0.15) is 12.8 Å². The van der Waals surface area contributed by atoms with Gasteiger partial charge in [0.05, 0.1) is 0 Å². The summed E-state index contributed by atoms with van der Waals surface area (Å²) in [6.07, 6.45) is 5.06. The largest absolute Gasteiger partial charge is 0.468 e. The number of allylic oxidation sites excluding steroid dienone is 1. The molecule has 94 valence electrons. The third kappa shape index (κ3) is 3.06. The van der Waals surface area contributed by atoms with Crippen molar-refractivity contribution in [2.24, 2.45) is 0 Å². The van der Waals surface area contributed by atoms with Crippen LogP contribution in [-0.2, 0) is 19.2 Å². The van der Waals surface area contributed by atoms with Crippen LogP contribution in [0, 0.1) is 0 Å². The maximum absolute atomic E-state index is 11.7. The van der Waals surface area contributed by atoms with Gasteiger partial charge in [-0.25, -0.2) is 4.79 Å². The highest BCUT2D eigenvalue weighted by Gasteiger charge is 2.45. The Bertz CT molecular complexity index is 448. The van der Waals surface area contributed by atoms with Gasteiger partial charge in [-0.2, -0.15) is 4.79 Å². The molecule has 18 heavy (non-hydrogen) atoms. The minimum atomic E-state index is -1.63. The number of hydrogen-bond acceptors (Lipinski definition) is 4. The molecule has 5 heteroatoms. The zero-order valence-electron chi connectivity index (χ0n) is 9.93. The van der Waals surface area contributed by atoms with Gasteiger partial charge < -0.3 is 0 Å². The van der Waals surface area contributed by atoms with E-state index >= 15 is 0 Å². The molecule has 0 aromatic rings. The lowest BCUT2D eigenvalue weighted by molar-refractivity contribution is -0.493. The molecule has 0 aromatic heterocycles. The highest BCUT2D eigenvalue weighted by Crippen LogP contribution is 2.15. The number of Topliss-reactive ketones (excluding diaryl/α,β-unsaturated/α-hetero) is 1. The summed E-state index contributed by atoms with van der Waals surface area (Å²) in [5.74, 6) is -1.98. The Morgan fingerprint density at radius 2 is 1.83 bits per heavy atom. The van der Waals surface area contributed by atoms with E-state index in [4.69, 9.17) is 0 Å². The average Bonchev–Trinajstić information content (AvgIpc) is 2.38. The van der Waals surface area contributed by atoms with Gasteiger partial charge >= 0.3 is 12.0 Å². The van der Waals surface area contributed by atoms with Crippen molar-refractivity contribution in [1.82, 2.24) is 0 Å². The highest BCUT2D eigenvalue weighted by atomic mass is 16.2. The number of isocyanates is 1. The van der Waals surface area contributed by atoms with Crippen molar-refractivity contribution in [2.75, 3.05) is 0 Å². The van der Waals surface area contributed by atoms with Gasteiger partial charge in [-0.15, -0.1) is 13.2 Å². The third-order valence-electron chi connectivity index (χ3n) is 2.31. The van der Waals surface area contributed by atoms with E-state index in [1.807, 2.05) is 0 Å². The van der Waals surface area contributed by atoms with Gasteiger partial charge in [0, 0.05) is 12.8 Å². The van der Waals surface area contributed by atoms with Crippen molar-refractivity contribution >= 4 is 24.1 Å². The van der Waals surface area contributed by atoms with Crippen molar-refractivity contribution in [3.05, 3.63) is 38.0 Å². The second-order valence-electron chi connectivity index (χ2n) is 3.45. The Morgan fingerprint density at radius 3 is 2.17 bits per heavy atom. The summed E-state index contributed by atoms with van der Waals surface area (Å²) in [4.78, 5) is 45.1. The molecule has 1 atom stereocenters. The fourth-order valence-electron chi connectivity index (χ4n) is 1.30. The molecule has 5 nitrogen and oxygen atoms in total. The lowest BCUT2D eigenvalue weighted by Crippen LogP contribution is -2.47.